The molecule has 0 radical (unpaired) electrons. The molecule has 1 aromatic rings. The van der Waals surface area contributed by atoms with Crippen LogP contribution in [-0.2, 0) is 6.54 Å². The molecule has 0 amide bonds. The minimum absolute atomic E-state index is 0.704. The van der Waals surface area contributed by atoms with Gasteiger partial charge in [0.15, 0.2) is 0 Å². The van der Waals surface area contributed by atoms with E-state index in [2.05, 4.69) is 48.3 Å². The molecule has 0 aliphatic carbocycles. The molecule has 1 heterocycles. The van der Waals surface area contributed by atoms with E-state index in [1.54, 1.807) is 0 Å². The second-order valence-electron chi connectivity index (χ2n) is 4.72. The number of aryl methyl sites for hydroxylation is 1. The van der Waals surface area contributed by atoms with Gasteiger partial charge in [0.05, 0.1) is 0 Å². The van der Waals surface area contributed by atoms with Gasteiger partial charge >= 0.3 is 0 Å². The summed E-state index contributed by atoms with van der Waals surface area (Å²) in [5.41, 5.74) is 2.78. The average Bonchev–Trinajstić information content (AvgIpc) is 2.33. The summed E-state index contributed by atoms with van der Waals surface area (Å²) in [7, 11) is 0. The fourth-order valence-corrected chi connectivity index (χ4v) is 2.34. The van der Waals surface area contributed by atoms with Crippen molar-refractivity contribution in [3.8, 4) is 0 Å². The minimum atomic E-state index is 0.704. The van der Waals surface area contributed by atoms with Crippen LogP contribution < -0.4 is 5.32 Å². The van der Waals surface area contributed by atoms with E-state index in [-0.39, 0.29) is 0 Å². The molecule has 1 unspecified atom stereocenters. The van der Waals surface area contributed by atoms with E-state index in [4.69, 9.17) is 0 Å². The molecule has 1 N–H and O–H groups in total. The Bertz CT molecular complexity index is 318. The predicted molar refractivity (Wildman–Crippen MR) is 68.5 cm³/mol. The van der Waals surface area contributed by atoms with Crippen molar-refractivity contribution in [2.75, 3.05) is 19.6 Å². The topological polar surface area (TPSA) is 15.3 Å². The lowest BCUT2D eigenvalue weighted by Crippen LogP contribution is -2.50. The molecule has 16 heavy (non-hydrogen) atoms. The Morgan fingerprint density at radius 1 is 1.31 bits per heavy atom. The van der Waals surface area contributed by atoms with Crippen LogP contribution in [0.5, 0.6) is 0 Å². The maximum atomic E-state index is 3.47. The molecule has 1 aromatic carbocycles. The standard InChI is InChI=1S/C14H22N2/c1-3-14-10-15-8-9-16(14)11-13-6-4-12(2)5-7-13/h4-7,14-15H,3,8-11H2,1-2H3. The second-order valence-corrected chi connectivity index (χ2v) is 4.72. The van der Waals surface area contributed by atoms with Gasteiger partial charge in [0.25, 0.3) is 0 Å². The molecule has 88 valence electrons. The highest BCUT2D eigenvalue weighted by Crippen LogP contribution is 2.13. The summed E-state index contributed by atoms with van der Waals surface area (Å²) in [4.78, 5) is 2.60. The second kappa shape index (κ2) is 5.46. The highest BCUT2D eigenvalue weighted by molar-refractivity contribution is 5.21. The highest BCUT2D eigenvalue weighted by atomic mass is 15.2. The van der Waals surface area contributed by atoms with Gasteiger partial charge in [-0.15, -0.1) is 0 Å². The Labute approximate surface area is 98.7 Å². The summed E-state index contributed by atoms with van der Waals surface area (Å²) in [5, 5.41) is 3.47. The van der Waals surface area contributed by atoms with E-state index < -0.39 is 0 Å². The van der Waals surface area contributed by atoms with Gasteiger partial charge in [-0.1, -0.05) is 36.8 Å². The van der Waals surface area contributed by atoms with Crippen molar-refractivity contribution in [2.45, 2.75) is 32.9 Å². The van der Waals surface area contributed by atoms with Gasteiger partial charge in [0.2, 0.25) is 0 Å². The van der Waals surface area contributed by atoms with E-state index in [1.165, 1.54) is 24.1 Å². The summed E-state index contributed by atoms with van der Waals surface area (Å²) >= 11 is 0. The van der Waals surface area contributed by atoms with Gasteiger partial charge in [0, 0.05) is 32.2 Å². The molecule has 1 fully saturated rings. The lowest BCUT2D eigenvalue weighted by molar-refractivity contribution is 0.149. The maximum absolute atomic E-state index is 3.47. The summed E-state index contributed by atoms with van der Waals surface area (Å²) in [6, 6.07) is 9.63. The molecule has 0 aromatic heterocycles. The van der Waals surface area contributed by atoms with Crippen LogP contribution >= 0.6 is 0 Å². The minimum Gasteiger partial charge on any atom is -0.314 e. The third-order valence-corrected chi connectivity index (χ3v) is 3.45. The molecule has 2 rings (SSSR count). The molecular formula is C14H22N2. The first kappa shape index (κ1) is 11.6. The van der Waals surface area contributed by atoms with E-state index in [1.807, 2.05) is 0 Å². The van der Waals surface area contributed by atoms with Crippen LogP contribution in [0.2, 0.25) is 0 Å². The van der Waals surface area contributed by atoms with Crippen molar-refractivity contribution >= 4 is 0 Å². The number of benzene rings is 1. The van der Waals surface area contributed by atoms with Crippen LogP contribution in [-0.4, -0.2) is 30.6 Å². The molecule has 1 aliphatic rings. The van der Waals surface area contributed by atoms with Gasteiger partial charge < -0.3 is 5.32 Å². The Morgan fingerprint density at radius 3 is 2.75 bits per heavy atom. The van der Waals surface area contributed by atoms with Crippen molar-refractivity contribution in [2.24, 2.45) is 0 Å². The monoisotopic (exact) mass is 218 g/mol. The first-order valence-corrected chi connectivity index (χ1v) is 6.30. The highest BCUT2D eigenvalue weighted by Gasteiger charge is 2.19. The summed E-state index contributed by atoms with van der Waals surface area (Å²) < 4.78 is 0. The number of hydrogen-bond acceptors (Lipinski definition) is 2. The quantitative estimate of drug-likeness (QED) is 0.836. The van der Waals surface area contributed by atoms with Gasteiger partial charge in [-0.25, -0.2) is 0 Å². The van der Waals surface area contributed by atoms with Crippen molar-refractivity contribution in [1.82, 2.24) is 10.2 Å². The predicted octanol–water partition coefficient (Wildman–Crippen LogP) is 2.18. The van der Waals surface area contributed by atoms with Crippen molar-refractivity contribution in [3.63, 3.8) is 0 Å². The van der Waals surface area contributed by atoms with Gasteiger partial charge in [0.1, 0.15) is 0 Å². The van der Waals surface area contributed by atoms with Crippen LogP contribution in [0.4, 0.5) is 0 Å². The van der Waals surface area contributed by atoms with E-state index in [9.17, 15) is 0 Å². The van der Waals surface area contributed by atoms with Crippen LogP contribution in [0.3, 0.4) is 0 Å². The van der Waals surface area contributed by atoms with Crippen LogP contribution in [0.1, 0.15) is 24.5 Å². The Kier molecular flexibility index (Phi) is 3.97. The molecule has 1 aliphatic heterocycles. The number of piperazine rings is 1. The zero-order valence-electron chi connectivity index (χ0n) is 10.4. The van der Waals surface area contributed by atoms with Crippen LogP contribution in [0.15, 0.2) is 24.3 Å². The zero-order chi connectivity index (χ0) is 11.4. The number of nitrogens with zero attached hydrogens (tertiary/aromatic N) is 1. The molecule has 0 spiro atoms. The molecule has 2 nitrogen and oxygen atoms in total. The van der Waals surface area contributed by atoms with Crippen LogP contribution in [0, 0.1) is 6.92 Å². The molecule has 2 heteroatoms. The van der Waals surface area contributed by atoms with E-state index in [0.29, 0.717) is 6.04 Å². The SMILES string of the molecule is CCC1CNCCN1Cc1ccc(C)cc1. The molecule has 0 bridgehead atoms. The molecule has 1 saturated heterocycles. The number of hydrogen-bond donors (Lipinski definition) is 1. The Hall–Kier alpha value is -0.860. The van der Waals surface area contributed by atoms with Gasteiger partial charge in [-0.3, -0.25) is 4.90 Å². The first-order chi connectivity index (χ1) is 7.79. The summed E-state index contributed by atoms with van der Waals surface area (Å²) in [6.07, 6.45) is 1.23. The van der Waals surface area contributed by atoms with Gasteiger partial charge in [-0.05, 0) is 18.9 Å². The number of nitrogens with one attached hydrogen (secondary N) is 1. The fraction of sp³-hybridized carbons (Fsp3) is 0.571. The van der Waals surface area contributed by atoms with E-state index >= 15 is 0 Å². The van der Waals surface area contributed by atoms with E-state index in [0.717, 1.165) is 19.6 Å². The maximum Gasteiger partial charge on any atom is 0.0237 e. The first-order valence-electron chi connectivity index (χ1n) is 6.30. The van der Waals surface area contributed by atoms with Crippen LogP contribution in [0.25, 0.3) is 0 Å². The summed E-state index contributed by atoms with van der Waals surface area (Å²) in [6.45, 7) is 8.96. The molecular weight excluding hydrogens is 196 g/mol. The third-order valence-electron chi connectivity index (χ3n) is 3.45. The Balaban J connectivity index is 1.99. The number of rotatable bonds is 3. The van der Waals surface area contributed by atoms with Crippen molar-refractivity contribution < 1.29 is 0 Å². The van der Waals surface area contributed by atoms with Gasteiger partial charge in [-0.2, -0.15) is 0 Å². The normalized spacial score (nSPS) is 22.2. The average molecular weight is 218 g/mol. The van der Waals surface area contributed by atoms with Crippen molar-refractivity contribution in [3.05, 3.63) is 35.4 Å². The molecule has 1 atom stereocenters. The molecule has 0 saturated carbocycles. The lowest BCUT2D eigenvalue weighted by atomic mass is 10.1. The fourth-order valence-electron chi connectivity index (χ4n) is 2.34. The van der Waals surface area contributed by atoms with Crippen molar-refractivity contribution in [1.29, 1.82) is 0 Å². The third kappa shape index (κ3) is 2.83. The Morgan fingerprint density at radius 2 is 2.06 bits per heavy atom. The smallest absolute Gasteiger partial charge is 0.0237 e. The largest absolute Gasteiger partial charge is 0.314 e. The summed E-state index contributed by atoms with van der Waals surface area (Å²) in [5.74, 6) is 0. The lowest BCUT2D eigenvalue weighted by Gasteiger charge is -2.35. The zero-order valence-corrected chi connectivity index (χ0v) is 10.4.